The van der Waals surface area contributed by atoms with Crippen molar-refractivity contribution in [3.8, 4) is 0 Å². The van der Waals surface area contributed by atoms with E-state index in [4.69, 9.17) is 10.5 Å². The molecule has 0 saturated heterocycles. The Hall–Kier alpha value is -1.21. The van der Waals surface area contributed by atoms with Crippen molar-refractivity contribution in [2.24, 2.45) is 11.1 Å². The van der Waals surface area contributed by atoms with Gasteiger partial charge in [0.2, 0.25) is 0 Å². The third-order valence-electron chi connectivity index (χ3n) is 4.97. The number of rotatable bonds is 7. The molecule has 1 aliphatic rings. The Morgan fingerprint density at radius 3 is 2.32 bits per heavy atom. The molecule has 3 atom stereocenters. The highest BCUT2D eigenvalue weighted by Gasteiger charge is 2.70. The first-order valence-electron chi connectivity index (χ1n) is 8.29. The van der Waals surface area contributed by atoms with Gasteiger partial charge < -0.3 is 10.5 Å². The van der Waals surface area contributed by atoms with Crippen LogP contribution < -0.4 is 5.73 Å². The lowest BCUT2D eigenvalue weighted by atomic mass is 10.00. The Morgan fingerprint density at radius 1 is 1.12 bits per heavy atom. The molecule has 0 bridgehead atoms. The number of halogens is 1. The van der Waals surface area contributed by atoms with Crippen LogP contribution in [-0.4, -0.2) is 33.4 Å². The molecule has 25 heavy (non-hydrogen) atoms. The Morgan fingerprint density at radius 2 is 1.76 bits per heavy atom. The minimum atomic E-state index is -3.50. The normalized spacial score (nSPS) is 25.7. The van der Waals surface area contributed by atoms with Crippen LogP contribution in [0, 0.1) is 5.41 Å². The number of nitrogens with two attached hydrogens (primary N) is 1. The van der Waals surface area contributed by atoms with Gasteiger partial charge in [-0.15, -0.1) is 0 Å². The van der Waals surface area contributed by atoms with Crippen molar-refractivity contribution in [3.63, 3.8) is 0 Å². The van der Waals surface area contributed by atoms with Crippen molar-refractivity contribution in [1.82, 2.24) is 0 Å². The molecule has 134 valence electrons. The largest absolute Gasteiger partial charge is 0.381 e. The molecule has 0 heterocycles. The van der Waals surface area contributed by atoms with Crippen molar-refractivity contribution in [2.75, 3.05) is 19.8 Å². The van der Waals surface area contributed by atoms with Crippen LogP contribution in [0.4, 0.5) is 0 Å². The Bertz CT molecular complexity index is 824. The van der Waals surface area contributed by atoms with Crippen LogP contribution in [0.1, 0.15) is 18.4 Å². The Balaban J connectivity index is 2.04. The highest BCUT2D eigenvalue weighted by molar-refractivity contribution is 9.10. The number of benzene rings is 2. The zero-order valence-electron chi connectivity index (χ0n) is 14.1. The number of ether oxygens (including phenoxy) is 1. The molecule has 2 aromatic carbocycles. The van der Waals surface area contributed by atoms with E-state index in [1.54, 1.807) is 24.3 Å². The third-order valence-corrected chi connectivity index (χ3v) is 7.84. The van der Waals surface area contributed by atoms with E-state index in [1.807, 2.05) is 37.3 Å². The van der Waals surface area contributed by atoms with Gasteiger partial charge in [0.05, 0.1) is 16.8 Å². The minimum absolute atomic E-state index is 0.164. The predicted octanol–water partition coefficient (Wildman–Crippen LogP) is 3.37. The van der Waals surface area contributed by atoms with Crippen LogP contribution in [-0.2, 0) is 14.6 Å². The zero-order chi connectivity index (χ0) is 18.1. The molecule has 0 amide bonds. The molecule has 0 spiro atoms. The van der Waals surface area contributed by atoms with Crippen LogP contribution in [0.3, 0.4) is 0 Å². The van der Waals surface area contributed by atoms with Gasteiger partial charge in [0.1, 0.15) is 0 Å². The summed E-state index contributed by atoms with van der Waals surface area (Å²) in [5, 5.41) is -0.569. The fourth-order valence-corrected chi connectivity index (χ4v) is 6.37. The van der Waals surface area contributed by atoms with Gasteiger partial charge >= 0.3 is 0 Å². The maximum atomic E-state index is 13.3. The average molecular weight is 424 g/mol. The van der Waals surface area contributed by atoms with Crippen LogP contribution >= 0.6 is 15.9 Å². The first-order valence-corrected chi connectivity index (χ1v) is 10.6. The molecule has 0 aromatic heterocycles. The molecule has 1 saturated carbocycles. The summed E-state index contributed by atoms with van der Waals surface area (Å²) < 4.78 is 33.1. The van der Waals surface area contributed by atoms with Gasteiger partial charge in [-0.3, -0.25) is 0 Å². The first-order chi connectivity index (χ1) is 12.0. The van der Waals surface area contributed by atoms with E-state index in [1.165, 1.54) is 0 Å². The second kappa shape index (κ2) is 7.19. The van der Waals surface area contributed by atoms with Gasteiger partial charge in [-0.2, -0.15) is 0 Å². The maximum absolute atomic E-state index is 13.3. The van der Waals surface area contributed by atoms with Gasteiger partial charge in [0.25, 0.3) is 0 Å². The molecule has 0 aliphatic heterocycles. The standard InChI is InChI=1S/C19H22BrNO3S/c1-2-24-13-19(12-21)17(14-8-10-15(20)11-9-14)18(19)25(22,23)16-6-4-3-5-7-16/h3-11,17-18H,2,12-13,21H2,1H3/t17-,18+,19+/m0/s1. The Labute approximate surface area is 157 Å². The van der Waals surface area contributed by atoms with E-state index in [9.17, 15) is 8.42 Å². The van der Waals surface area contributed by atoms with Gasteiger partial charge in [-0.05, 0) is 36.8 Å². The van der Waals surface area contributed by atoms with Crippen LogP contribution in [0.5, 0.6) is 0 Å². The molecular weight excluding hydrogens is 402 g/mol. The fraction of sp³-hybridized carbons (Fsp3) is 0.368. The van der Waals surface area contributed by atoms with Crippen LogP contribution in [0.15, 0.2) is 64.0 Å². The predicted molar refractivity (Wildman–Crippen MR) is 102 cm³/mol. The highest BCUT2D eigenvalue weighted by Crippen LogP contribution is 2.63. The first kappa shape index (κ1) is 18.6. The van der Waals surface area contributed by atoms with Crippen LogP contribution in [0.25, 0.3) is 0 Å². The zero-order valence-corrected chi connectivity index (χ0v) is 16.5. The summed E-state index contributed by atoms with van der Waals surface area (Å²) in [5.74, 6) is -0.164. The summed E-state index contributed by atoms with van der Waals surface area (Å²) in [4.78, 5) is 0.342. The third kappa shape index (κ3) is 3.28. The Kier molecular flexibility index (Phi) is 5.34. The quantitative estimate of drug-likeness (QED) is 0.740. The monoisotopic (exact) mass is 423 g/mol. The minimum Gasteiger partial charge on any atom is -0.381 e. The van der Waals surface area contributed by atoms with Gasteiger partial charge in [0.15, 0.2) is 9.84 Å². The number of hydrogen-bond donors (Lipinski definition) is 1. The molecule has 1 aliphatic carbocycles. The lowest BCUT2D eigenvalue weighted by molar-refractivity contribution is 0.101. The van der Waals surface area contributed by atoms with Crippen molar-refractivity contribution in [2.45, 2.75) is 23.0 Å². The number of hydrogen-bond acceptors (Lipinski definition) is 4. The smallest absolute Gasteiger partial charge is 0.182 e. The molecule has 2 N–H and O–H groups in total. The lowest BCUT2D eigenvalue weighted by Crippen LogP contribution is -2.29. The van der Waals surface area contributed by atoms with E-state index in [0.29, 0.717) is 18.1 Å². The molecule has 0 radical (unpaired) electrons. The summed E-state index contributed by atoms with van der Waals surface area (Å²) >= 11 is 3.43. The van der Waals surface area contributed by atoms with Gasteiger partial charge in [0, 0.05) is 29.0 Å². The van der Waals surface area contributed by atoms with E-state index in [0.717, 1.165) is 10.0 Å². The molecule has 6 heteroatoms. The molecule has 2 aromatic rings. The van der Waals surface area contributed by atoms with Crippen molar-refractivity contribution in [3.05, 3.63) is 64.6 Å². The molecule has 0 unspecified atom stereocenters. The lowest BCUT2D eigenvalue weighted by Gasteiger charge is -2.16. The summed E-state index contributed by atoms with van der Waals surface area (Å²) in [7, 11) is -3.50. The average Bonchev–Trinajstić information content (AvgIpc) is 3.31. The number of sulfone groups is 1. The topological polar surface area (TPSA) is 69.4 Å². The van der Waals surface area contributed by atoms with E-state index >= 15 is 0 Å². The molecule has 1 fully saturated rings. The van der Waals surface area contributed by atoms with Gasteiger partial charge in [-0.1, -0.05) is 46.3 Å². The van der Waals surface area contributed by atoms with E-state index < -0.39 is 20.5 Å². The van der Waals surface area contributed by atoms with E-state index in [-0.39, 0.29) is 12.5 Å². The molecule has 3 rings (SSSR count). The second-order valence-corrected chi connectivity index (χ2v) is 9.37. The summed E-state index contributed by atoms with van der Waals surface area (Å²) in [6, 6.07) is 16.4. The maximum Gasteiger partial charge on any atom is 0.182 e. The molecule has 4 nitrogen and oxygen atoms in total. The highest BCUT2D eigenvalue weighted by atomic mass is 79.9. The van der Waals surface area contributed by atoms with Crippen LogP contribution in [0.2, 0.25) is 0 Å². The summed E-state index contributed by atoms with van der Waals surface area (Å²) in [6.07, 6.45) is 0. The second-order valence-electron chi connectivity index (χ2n) is 6.38. The van der Waals surface area contributed by atoms with Crippen molar-refractivity contribution in [1.29, 1.82) is 0 Å². The molecular formula is C19H22BrNO3S. The summed E-state index contributed by atoms with van der Waals surface area (Å²) in [6.45, 7) is 3.05. The van der Waals surface area contributed by atoms with Crippen molar-refractivity contribution >= 4 is 25.8 Å². The van der Waals surface area contributed by atoms with Gasteiger partial charge in [-0.25, -0.2) is 8.42 Å². The summed E-state index contributed by atoms with van der Waals surface area (Å²) in [5.41, 5.74) is 6.48. The van der Waals surface area contributed by atoms with E-state index in [2.05, 4.69) is 15.9 Å². The SMILES string of the molecule is CCOC[C@@]1(CN)[C@H](S(=O)(=O)c2ccccc2)[C@@H]1c1ccc(Br)cc1. The van der Waals surface area contributed by atoms with Crippen molar-refractivity contribution < 1.29 is 13.2 Å². The fourth-order valence-electron chi connectivity index (χ4n) is 3.64.